The molecule has 0 radical (unpaired) electrons. The number of ether oxygens (including phenoxy) is 2. The Bertz CT molecular complexity index is 1590. The summed E-state index contributed by atoms with van der Waals surface area (Å²) < 4.78 is 26.6. The predicted molar refractivity (Wildman–Crippen MR) is 149 cm³/mol. The van der Waals surface area contributed by atoms with Crippen LogP contribution in [-0.4, -0.2) is 35.5 Å². The zero-order valence-electron chi connectivity index (χ0n) is 20.5. The third-order valence-electron chi connectivity index (χ3n) is 5.39. The highest BCUT2D eigenvalue weighted by Gasteiger charge is 2.16. The highest BCUT2D eigenvalue weighted by atomic mass is 79.9. The highest BCUT2D eigenvalue weighted by Crippen LogP contribution is 2.34. The first-order valence-electron chi connectivity index (χ1n) is 11.6. The average Bonchev–Trinajstić information content (AvgIpc) is 2.88. The number of hydrogen-bond acceptors (Lipinski definition) is 6. The van der Waals surface area contributed by atoms with Crippen molar-refractivity contribution in [2.24, 2.45) is 5.10 Å². The van der Waals surface area contributed by atoms with Crippen molar-refractivity contribution in [3.05, 3.63) is 91.7 Å². The molecule has 196 valence electrons. The lowest BCUT2D eigenvalue weighted by atomic mass is 10.2. The maximum Gasteiger partial charge on any atom is 0.282 e. The van der Waals surface area contributed by atoms with Gasteiger partial charge in [0.15, 0.2) is 18.1 Å². The molecule has 0 aliphatic carbocycles. The number of rotatable bonds is 9. The molecule has 0 saturated carbocycles. The smallest absolute Gasteiger partial charge is 0.282 e. The van der Waals surface area contributed by atoms with Gasteiger partial charge in [-0.1, -0.05) is 40.5 Å². The third-order valence-corrected chi connectivity index (χ3v) is 6.10. The number of carbonyl (C=O) groups is 1. The van der Waals surface area contributed by atoms with Gasteiger partial charge in [0.2, 0.25) is 0 Å². The second-order valence-corrected chi connectivity index (χ2v) is 9.53. The molecule has 4 rings (SSSR count). The number of benzene rings is 3. The van der Waals surface area contributed by atoms with E-state index in [0.29, 0.717) is 39.4 Å². The Kier molecular flexibility index (Phi) is 8.75. The number of nitrogens with one attached hydrogen (secondary N) is 1. The summed E-state index contributed by atoms with van der Waals surface area (Å²) in [5.74, 6) is -0.0404. The molecule has 1 amide bonds. The molecule has 0 bridgehead atoms. The first-order valence-corrected chi connectivity index (χ1v) is 12.8. The van der Waals surface area contributed by atoms with Crippen molar-refractivity contribution in [2.75, 3.05) is 19.0 Å². The molecule has 4 aromatic rings. The third kappa shape index (κ3) is 6.38. The normalized spacial score (nSPS) is 11.2. The van der Waals surface area contributed by atoms with Crippen LogP contribution >= 0.6 is 27.5 Å². The Labute approximate surface area is 231 Å². The average molecular weight is 602 g/mol. The van der Waals surface area contributed by atoms with Crippen LogP contribution in [0.3, 0.4) is 0 Å². The number of hydrogen-bond donors (Lipinski definition) is 1. The molecule has 0 aliphatic heterocycles. The van der Waals surface area contributed by atoms with Crippen LogP contribution in [-0.2, 0) is 11.2 Å². The van der Waals surface area contributed by atoms with E-state index in [9.17, 15) is 14.0 Å². The molecule has 0 saturated heterocycles. The van der Waals surface area contributed by atoms with Gasteiger partial charge in [0, 0.05) is 33.2 Å². The summed E-state index contributed by atoms with van der Waals surface area (Å²) >= 11 is 9.67. The molecule has 1 heterocycles. The molecule has 11 heteroatoms. The summed E-state index contributed by atoms with van der Waals surface area (Å²) in [7, 11) is 1.43. The minimum atomic E-state index is -0.513. The zero-order valence-corrected chi connectivity index (χ0v) is 22.8. The van der Waals surface area contributed by atoms with Gasteiger partial charge < -0.3 is 14.8 Å². The van der Waals surface area contributed by atoms with Crippen LogP contribution in [0.25, 0.3) is 10.9 Å². The van der Waals surface area contributed by atoms with Crippen LogP contribution in [0.15, 0.2) is 69.0 Å². The topological polar surface area (TPSA) is 94.8 Å². The number of anilines is 1. The Morgan fingerprint density at radius 1 is 1.24 bits per heavy atom. The van der Waals surface area contributed by atoms with Gasteiger partial charge in [-0.25, -0.2) is 9.37 Å². The maximum atomic E-state index is 13.4. The minimum Gasteiger partial charge on any atom is -0.493 e. The van der Waals surface area contributed by atoms with Crippen molar-refractivity contribution in [3.63, 3.8) is 0 Å². The molecule has 0 aliphatic rings. The van der Waals surface area contributed by atoms with E-state index in [1.807, 2.05) is 13.0 Å². The van der Waals surface area contributed by atoms with Crippen molar-refractivity contribution in [1.82, 2.24) is 9.66 Å². The van der Waals surface area contributed by atoms with E-state index in [4.69, 9.17) is 21.1 Å². The second-order valence-electron chi connectivity index (χ2n) is 8.17. The van der Waals surface area contributed by atoms with Gasteiger partial charge in [-0.3, -0.25) is 9.59 Å². The van der Waals surface area contributed by atoms with Crippen molar-refractivity contribution in [2.45, 2.75) is 19.8 Å². The van der Waals surface area contributed by atoms with Crippen LogP contribution < -0.4 is 20.3 Å². The number of carbonyl (C=O) groups excluding carboxylic acids is 1. The summed E-state index contributed by atoms with van der Waals surface area (Å²) in [5.41, 5.74) is 0.908. The van der Waals surface area contributed by atoms with E-state index in [1.54, 1.807) is 24.3 Å². The van der Waals surface area contributed by atoms with Gasteiger partial charge in [0.25, 0.3) is 11.5 Å². The molecule has 0 spiro atoms. The molecule has 0 atom stereocenters. The summed E-state index contributed by atoms with van der Waals surface area (Å²) in [5, 5.41) is 7.73. The summed E-state index contributed by atoms with van der Waals surface area (Å²) in [4.78, 5) is 30.4. The van der Waals surface area contributed by atoms with E-state index >= 15 is 0 Å². The summed E-state index contributed by atoms with van der Waals surface area (Å²) in [6.07, 6.45) is 2.69. The van der Waals surface area contributed by atoms with Crippen LogP contribution in [0.1, 0.15) is 24.7 Å². The quantitative estimate of drug-likeness (QED) is 0.244. The van der Waals surface area contributed by atoms with E-state index in [-0.39, 0.29) is 17.1 Å². The summed E-state index contributed by atoms with van der Waals surface area (Å²) in [6, 6.07) is 13.9. The molecule has 1 N–H and O–H groups in total. The van der Waals surface area contributed by atoms with Crippen LogP contribution in [0.2, 0.25) is 5.02 Å². The predicted octanol–water partition coefficient (Wildman–Crippen LogP) is 5.81. The Hall–Kier alpha value is -3.76. The number of amides is 1. The standard InChI is InChI=1S/C27H23BrClFN4O4/c1-3-5-24-33-22-9-8-17(28)11-21(22)27(36)34(24)31-14-16-10-18(29)12-23(37-2)26(16)38-15-25(35)32-20-7-4-6-19(30)13-20/h4,6-14H,3,5,15H2,1-2H3,(H,32,35). The van der Waals surface area contributed by atoms with Crippen molar-refractivity contribution in [1.29, 1.82) is 0 Å². The summed E-state index contributed by atoms with van der Waals surface area (Å²) in [6.45, 7) is 1.58. The number of aryl methyl sites for hydroxylation is 1. The van der Waals surface area contributed by atoms with Crippen molar-refractivity contribution >= 4 is 56.2 Å². The lowest BCUT2D eigenvalue weighted by Gasteiger charge is -2.14. The molecule has 8 nitrogen and oxygen atoms in total. The molecular formula is C27H23BrClFN4O4. The molecular weight excluding hydrogens is 579 g/mol. The number of halogens is 3. The van der Waals surface area contributed by atoms with Gasteiger partial charge in [-0.2, -0.15) is 9.78 Å². The number of fused-ring (bicyclic) bond motifs is 1. The molecule has 0 fully saturated rings. The Balaban J connectivity index is 1.68. The molecule has 38 heavy (non-hydrogen) atoms. The number of methoxy groups -OCH3 is 1. The maximum absolute atomic E-state index is 13.4. The fraction of sp³-hybridized carbons (Fsp3) is 0.185. The largest absolute Gasteiger partial charge is 0.493 e. The number of nitrogens with zero attached hydrogens (tertiary/aromatic N) is 3. The SMILES string of the molecule is CCCc1nc2ccc(Br)cc2c(=O)n1N=Cc1cc(Cl)cc(OC)c1OCC(=O)Nc1cccc(F)c1. The zero-order chi connectivity index (χ0) is 27.2. The minimum absolute atomic E-state index is 0.191. The van der Waals surface area contributed by atoms with Gasteiger partial charge >= 0.3 is 0 Å². The van der Waals surface area contributed by atoms with Gasteiger partial charge in [-0.15, -0.1) is 0 Å². The second kappa shape index (κ2) is 12.2. The van der Waals surface area contributed by atoms with E-state index in [2.05, 4.69) is 31.3 Å². The first-order chi connectivity index (χ1) is 18.3. The van der Waals surface area contributed by atoms with Crippen LogP contribution in [0, 0.1) is 5.82 Å². The van der Waals surface area contributed by atoms with Gasteiger partial charge in [0.05, 0.1) is 24.2 Å². The Morgan fingerprint density at radius 3 is 2.79 bits per heavy atom. The fourth-order valence-electron chi connectivity index (χ4n) is 3.71. The Morgan fingerprint density at radius 2 is 2.05 bits per heavy atom. The first kappa shape index (κ1) is 27.3. The lowest BCUT2D eigenvalue weighted by Crippen LogP contribution is -2.23. The van der Waals surface area contributed by atoms with E-state index in [0.717, 1.165) is 10.9 Å². The van der Waals surface area contributed by atoms with E-state index in [1.165, 1.54) is 42.3 Å². The van der Waals surface area contributed by atoms with Crippen molar-refractivity contribution in [3.8, 4) is 11.5 Å². The lowest BCUT2D eigenvalue weighted by molar-refractivity contribution is -0.118. The highest BCUT2D eigenvalue weighted by molar-refractivity contribution is 9.10. The number of aromatic nitrogens is 2. The van der Waals surface area contributed by atoms with Gasteiger partial charge in [0.1, 0.15) is 11.6 Å². The van der Waals surface area contributed by atoms with Crippen molar-refractivity contribution < 1.29 is 18.7 Å². The van der Waals surface area contributed by atoms with E-state index < -0.39 is 18.3 Å². The fourth-order valence-corrected chi connectivity index (χ4v) is 4.29. The van der Waals surface area contributed by atoms with Crippen LogP contribution in [0.5, 0.6) is 11.5 Å². The monoisotopic (exact) mass is 600 g/mol. The molecule has 0 unspecified atom stereocenters. The van der Waals surface area contributed by atoms with Gasteiger partial charge in [-0.05, 0) is 48.9 Å². The molecule has 1 aromatic heterocycles. The molecule has 3 aromatic carbocycles. The van der Waals surface area contributed by atoms with Crippen LogP contribution in [0.4, 0.5) is 10.1 Å².